The molecule has 0 saturated heterocycles. The molecule has 1 saturated carbocycles. The smallest absolute Gasteiger partial charge is 0.236 e. The lowest BCUT2D eigenvalue weighted by molar-refractivity contribution is 0.251. The van der Waals surface area contributed by atoms with Gasteiger partial charge in [-0.1, -0.05) is 32.6 Å². The number of nitrogens with zero attached hydrogens (tertiary/aromatic N) is 2. The van der Waals surface area contributed by atoms with E-state index in [1.54, 1.807) is 7.11 Å². The molecule has 4 rings (SSSR count). The number of hydrogen-bond donors (Lipinski definition) is 0. The Labute approximate surface area is 175 Å². The highest BCUT2D eigenvalue weighted by Crippen LogP contribution is 2.35. The van der Waals surface area contributed by atoms with Gasteiger partial charge >= 0.3 is 0 Å². The molecule has 1 fully saturated rings. The maximum absolute atomic E-state index is 5.98. The molecule has 1 aromatic heterocycles. The predicted octanol–water partition coefficient (Wildman–Crippen LogP) is 6.02. The SMILES string of the molecule is COc1nnc(-c2ccc(OCCCCC3CCC[C@@H](C)C3)cc2)c2c1CCC2. The summed E-state index contributed by atoms with van der Waals surface area (Å²) in [6.45, 7) is 3.21. The maximum atomic E-state index is 5.98. The average molecular weight is 395 g/mol. The fourth-order valence-electron chi connectivity index (χ4n) is 5.11. The average Bonchev–Trinajstić information content (AvgIpc) is 3.23. The van der Waals surface area contributed by atoms with Gasteiger partial charge in [-0.3, -0.25) is 0 Å². The fraction of sp³-hybridized carbons (Fsp3) is 0.600. The van der Waals surface area contributed by atoms with Gasteiger partial charge in [0.15, 0.2) is 0 Å². The van der Waals surface area contributed by atoms with Gasteiger partial charge in [0.1, 0.15) is 5.75 Å². The summed E-state index contributed by atoms with van der Waals surface area (Å²) < 4.78 is 11.4. The summed E-state index contributed by atoms with van der Waals surface area (Å²) in [7, 11) is 1.67. The largest absolute Gasteiger partial charge is 0.494 e. The van der Waals surface area contributed by atoms with Gasteiger partial charge in [0.05, 0.1) is 19.4 Å². The quantitative estimate of drug-likeness (QED) is 0.514. The van der Waals surface area contributed by atoms with Crippen LogP contribution in [0, 0.1) is 11.8 Å². The monoisotopic (exact) mass is 394 g/mol. The van der Waals surface area contributed by atoms with E-state index in [2.05, 4.69) is 41.4 Å². The van der Waals surface area contributed by atoms with E-state index in [1.165, 1.54) is 49.7 Å². The van der Waals surface area contributed by atoms with Crippen molar-refractivity contribution in [2.45, 2.75) is 71.1 Å². The number of aromatic nitrogens is 2. The third-order valence-corrected chi connectivity index (χ3v) is 6.64. The Morgan fingerprint density at radius 2 is 1.79 bits per heavy atom. The van der Waals surface area contributed by atoms with Crippen molar-refractivity contribution in [1.29, 1.82) is 0 Å². The second-order valence-electron chi connectivity index (χ2n) is 8.87. The van der Waals surface area contributed by atoms with Crippen LogP contribution in [-0.4, -0.2) is 23.9 Å². The Kier molecular flexibility index (Phi) is 6.68. The number of hydrogen-bond acceptors (Lipinski definition) is 4. The minimum atomic E-state index is 0.684. The second-order valence-corrected chi connectivity index (χ2v) is 8.87. The number of ether oxygens (including phenoxy) is 2. The van der Waals surface area contributed by atoms with Crippen LogP contribution in [0.4, 0.5) is 0 Å². The fourth-order valence-corrected chi connectivity index (χ4v) is 5.11. The van der Waals surface area contributed by atoms with Crippen LogP contribution in [0.15, 0.2) is 24.3 Å². The molecule has 156 valence electrons. The molecule has 4 nitrogen and oxygen atoms in total. The summed E-state index contributed by atoms with van der Waals surface area (Å²) in [5.74, 6) is 3.51. The first-order valence-electron chi connectivity index (χ1n) is 11.4. The molecular formula is C25H34N2O2. The zero-order chi connectivity index (χ0) is 20.1. The predicted molar refractivity (Wildman–Crippen MR) is 117 cm³/mol. The van der Waals surface area contributed by atoms with Crippen molar-refractivity contribution >= 4 is 0 Å². The Hall–Kier alpha value is -2.10. The first-order valence-corrected chi connectivity index (χ1v) is 11.4. The van der Waals surface area contributed by atoms with Gasteiger partial charge in [0.2, 0.25) is 5.88 Å². The summed E-state index contributed by atoms with van der Waals surface area (Å²) >= 11 is 0. The van der Waals surface area contributed by atoms with E-state index < -0.39 is 0 Å². The lowest BCUT2D eigenvalue weighted by Crippen LogP contribution is -2.13. The van der Waals surface area contributed by atoms with E-state index in [0.29, 0.717) is 5.88 Å². The topological polar surface area (TPSA) is 44.2 Å². The van der Waals surface area contributed by atoms with Crippen molar-refractivity contribution in [1.82, 2.24) is 10.2 Å². The van der Waals surface area contributed by atoms with E-state index in [-0.39, 0.29) is 0 Å². The van der Waals surface area contributed by atoms with Gasteiger partial charge in [-0.15, -0.1) is 10.2 Å². The molecule has 1 heterocycles. The zero-order valence-electron chi connectivity index (χ0n) is 18.0. The van der Waals surface area contributed by atoms with Gasteiger partial charge in [-0.05, 0) is 80.2 Å². The standard InChI is InChI=1S/C25H34N2O2/c1-18-7-5-9-19(17-18)8-3-4-16-29-21-14-12-20(13-15-21)24-22-10-6-11-23(22)25(28-2)27-26-24/h12-15,18-19H,3-11,16-17H2,1-2H3/t18-,19?/m1/s1. The van der Waals surface area contributed by atoms with Crippen LogP contribution < -0.4 is 9.47 Å². The molecule has 2 aliphatic rings. The van der Waals surface area contributed by atoms with Crippen molar-refractivity contribution in [3.05, 3.63) is 35.4 Å². The second kappa shape index (κ2) is 9.60. The van der Waals surface area contributed by atoms with Crippen molar-refractivity contribution in [2.75, 3.05) is 13.7 Å². The summed E-state index contributed by atoms with van der Waals surface area (Å²) in [5, 5.41) is 8.72. The van der Waals surface area contributed by atoms with E-state index in [0.717, 1.165) is 61.1 Å². The minimum Gasteiger partial charge on any atom is -0.494 e. The number of benzene rings is 1. The van der Waals surface area contributed by atoms with Crippen molar-refractivity contribution in [2.24, 2.45) is 11.8 Å². The van der Waals surface area contributed by atoms with Gasteiger partial charge in [-0.2, -0.15) is 0 Å². The van der Waals surface area contributed by atoms with Crippen molar-refractivity contribution < 1.29 is 9.47 Å². The molecule has 0 amide bonds. The summed E-state index contributed by atoms with van der Waals surface area (Å²) in [4.78, 5) is 0. The lowest BCUT2D eigenvalue weighted by atomic mass is 9.80. The van der Waals surface area contributed by atoms with E-state index in [1.807, 2.05) is 0 Å². The van der Waals surface area contributed by atoms with Crippen LogP contribution in [-0.2, 0) is 12.8 Å². The molecule has 2 aliphatic carbocycles. The van der Waals surface area contributed by atoms with E-state index >= 15 is 0 Å². The highest BCUT2D eigenvalue weighted by atomic mass is 16.5. The Morgan fingerprint density at radius 3 is 2.59 bits per heavy atom. The van der Waals surface area contributed by atoms with E-state index in [4.69, 9.17) is 9.47 Å². The van der Waals surface area contributed by atoms with Crippen molar-refractivity contribution in [3.8, 4) is 22.9 Å². The number of methoxy groups -OCH3 is 1. The van der Waals surface area contributed by atoms with Gasteiger partial charge in [-0.25, -0.2) is 0 Å². The highest BCUT2D eigenvalue weighted by molar-refractivity contribution is 5.66. The highest BCUT2D eigenvalue weighted by Gasteiger charge is 2.22. The molecular weight excluding hydrogens is 360 g/mol. The first kappa shape index (κ1) is 20.2. The van der Waals surface area contributed by atoms with Crippen LogP contribution in [0.5, 0.6) is 11.6 Å². The molecule has 0 radical (unpaired) electrons. The normalized spacial score (nSPS) is 21.0. The van der Waals surface area contributed by atoms with Gasteiger partial charge in [0.25, 0.3) is 0 Å². The molecule has 4 heteroatoms. The zero-order valence-corrected chi connectivity index (χ0v) is 18.0. The van der Waals surface area contributed by atoms with Crippen LogP contribution in [0.1, 0.15) is 69.4 Å². The van der Waals surface area contributed by atoms with Crippen LogP contribution in [0.3, 0.4) is 0 Å². The Morgan fingerprint density at radius 1 is 0.966 bits per heavy atom. The molecule has 2 aromatic rings. The van der Waals surface area contributed by atoms with Gasteiger partial charge < -0.3 is 9.47 Å². The summed E-state index contributed by atoms with van der Waals surface area (Å²) in [6.07, 6.45) is 12.7. The van der Waals surface area contributed by atoms with E-state index in [9.17, 15) is 0 Å². The Balaban J connectivity index is 1.27. The third kappa shape index (κ3) is 4.91. The number of fused-ring (bicyclic) bond motifs is 1. The minimum absolute atomic E-state index is 0.684. The molecule has 1 unspecified atom stereocenters. The Bertz CT molecular complexity index is 803. The number of rotatable bonds is 8. The maximum Gasteiger partial charge on any atom is 0.236 e. The van der Waals surface area contributed by atoms with Crippen LogP contribution in [0.2, 0.25) is 0 Å². The number of unbranched alkanes of at least 4 members (excludes halogenated alkanes) is 1. The van der Waals surface area contributed by atoms with Crippen molar-refractivity contribution in [3.63, 3.8) is 0 Å². The summed E-state index contributed by atoms with van der Waals surface area (Å²) in [5.41, 5.74) is 4.62. The van der Waals surface area contributed by atoms with Gasteiger partial charge in [0, 0.05) is 11.1 Å². The molecule has 0 N–H and O–H groups in total. The third-order valence-electron chi connectivity index (χ3n) is 6.64. The van der Waals surface area contributed by atoms with Crippen LogP contribution >= 0.6 is 0 Å². The first-order chi connectivity index (χ1) is 14.2. The molecule has 0 bridgehead atoms. The summed E-state index contributed by atoms with van der Waals surface area (Å²) in [6, 6.07) is 8.33. The molecule has 0 aliphatic heterocycles. The molecule has 29 heavy (non-hydrogen) atoms. The lowest BCUT2D eigenvalue weighted by Gasteiger charge is -2.26. The van der Waals surface area contributed by atoms with Crippen LogP contribution in [0.25, 0.3) is 11.3 Å². The molecule has 1 aromatic carbocycles. The molecule has 0 spiro atoms. The molecule has 2 atom stereocenters.